The number of aromatic nitrogens is 1. The Morgan fingerprint density at radius 3 is 2.44 bits per heavy atom. The highest BCUT2D eigenvalue weighted by Gasteiger charge is 2.28. The summed E-state index contributed by atoms with van der Waals surface area (Å²) in [6.45, 7) is 7.29. The average Bonchev–Trinajstić information content (AvgIpc) is 2.66. The summed E-state index contributed by atoms with van der Waals surface area (Å²) >= 11 is 0. The third-order valence-corrected chi connectivity index (χ3v) is 4.97. The quantitative estimate of drug-likeness (QED) is 0.678. The van der Waals surface area contributed by atoms with Crippen LogP contribution in [0.3, 0.4) is 0 Å². The van der Waals surface area contributed by atoms with Crippen LogP contribution in [0.1, 0.15) is 29.8 Å². The molecule has 0 radical (unpaired) electrons. The molecule has 1 aliphatic heterocycles. The number of carbonyl (C=O) groups is 1. The minimum Gasteiger partial charge on any atom is -0.372 e. The van der Waals surface area contributed by atoms with E-state index in [1.807, 2.05) is 74.2 Å². The fraction of sp³-hybridized carbons (Fsp3) is 0.304. The van der Waals surface area contributed by atoms with Crippen LogP contribution < -0.4 is 0 Å². The first-order chi connectivity index (χ1) is 13.0. The average molecular weight is 360 g/mol. The van der Waals surface area contributed by atoms with Crippen LogP contribution >= 0.6 is 0 Å². The fourth-order valence-electron chi connectivity index (χ4n) is 3.79. The van der Waals surface area contributed by atoms with E-state index in [2.05, 4.69) is 6.07 Å². The Morgan fingerprint density at radius 2 is 1.74 bits per heavy atom. The van der Waals surface area contributed by atoms with Crippen molar-refractivity contribution in [2.75, 3.05) is 13.1 Å². The van der Waals surface area contributed by atoms with Crippen LogP contribution in [0.25, 0.3) is 22.2 Å². The van der Waals surface area contributed by atoms with E-state index in [9.17, 15) is 4.79 Å². The second-order valence-corrected chi connectivity index (χ2v) is 7.41. The van der Waals surface area contributed by atoms with Crippen LogP contribution in [0.4, 0.5) is 0 Å². The van der Waals surface area contributed by atoms with Crippen molar-refractivity contribution in [3.8, 4) is 11.3 Å². The van der Waals surface area contributed by atoms with Crippen LogP contribution in [0.5, 0.6) is 0 Å². The molecule has 4 nitrogen and oxygen atoms in total. The molecule has 3 aromatic rings. The van der Waals surface area contributed by atoms with E-state index in [-0.39, 0.29) is 18.1 Å². The lowest BCUT2D eigenvalue weighted by Crippen LogP contribution is -2.48. The number of fused-ring (bicyclic) bond motifs is 1. The van der Waals surface area contributed by atoms with Gasteiger partial charge >= 0.3 is 0 Å². The van der Waals surface area contributed by atoms with Gasteiger partial charge in [-0.15, -0.1) is 0 Å². The molecular formula is C23H24N2O2. The van der Waals surface area contributed by atoms with Crippen LogP contribution in [-0.4, -0.2) is 41.1 Å². The molecular weight excluding hydrogens is 336 g/mol. The highest BCUT2D eigenvalue weighted by atomic mass is 16.5. The smallest absolute Gasteiger partial charge is 0.254 e. The Hall–Kier alpha value is -2.72. The van der Waals surface area contributed by atoms with Crippen LogP contribution in [0.15, 0.2) is 54.6 Å². The van der Waals surface area contributed by atoms with Crippen molar-refractivity contribution in [1.29, 1.82) is 0 Å². The minimum atomic E-state index is 0.0427. The normalized spacial score (nSPS) is 20.0. The molecule has 0 saturated carbocycles. The molecule has 1 aromatic heterocycles. The van der Waals surface area contributed by atoms with E-state index >= 15 is 0 Å². The van der Waals surface area contributed by atoms with E-state index in [0.29, 0.717) is 18.7 Å². The van der Waals surface area contributed by atoms with Gasteiger partial charge in [-0.25, -0.2) is 4.98 Å². The molecule has 4 rings (SSSR count). The maximum atomic E-state index is 13.4. The third kappa shape index (κ3) is 3.58. The third-order valence-electron chi connectivity index (χ3n) is 4.97. The van der Waals surface area contributed by atoms with Gasteiger partial charge in [0.1, 0.15) is 0 Å². The molecule has 138 valence electrons. The Balaban J connectivity index is 1.84. The maximum absolute atomic E-state index is 13.4. The predicted octanol–water partition coefficient (Wildman–Crippen LogP) is 4.46. The predicted molar refractivity (Wildman–Crippen MR) is 108 cm³/mol. The molecule has 2 atom stereocenters. The van der Waals surface area contributed by atoms with Crippen molar-refractivity contribution in [3.63, 3.8) is 0 Å². The molecule has 0 N–H and O–H groups in total. The molecule has 0 aliphatic carbocycles. The van der Waals surface area contributed by atoms with E-state index in [1.54, 1.807) is 0 Å². The second-order valence-electron chi connectivity index (χ2n) is 7.41. The number of hydrogen-bond donors (Lipinski definition) is 0. The SMILES string of the molecule is Cc1ccc2nc(-c3ccccc3)cc(C(=O)N3C[C@H](C)O[C@@H](C)C3)c2c1. The number of nitrogens with zero attached hydrogens (tertiary/aromatic N) is 2. The summed E-state index contributed by atoms with van der Waals surface area (Å²) in [6, 6.07) is 18.0. The number of amides is 1. The van der Waals surface area contributed by atoms with Gasteiger partial charge in [0.05, 0.1) is 29.0 Å². The molecule has 2 heterocycles. The minimum absolute atomic E-state index is 0.0427. The lowest BCUT2D eigenvalue weighted by molar-refractivity contribution is -0.0585. The van der Waals surface area contributed by atoms with Gasteiger partial charge in [-0.2, -0.15) is 0 Å². The van der Waals surface area contributed by atoms with E-state index in [1.165, 1.54) is 0 Å². The monoisotopic (exact) mass is 360 g/mol. The number of morpholine rings is 1. The number of hydrogen-bond acceptors (Lipinski definition) is 3. The zero-order valence-electron chi connectivity index (χ0n) is 16.0. The molecule has 4 heteroatoms. The molecule has 1 aliphatic rings. The number of carbonyl (C=O) groups excluding carboxylic acids is 1. The summed E-state index contributed by atoms with van der Waals surface area (Å²) in [6.07, 6.45) is 0.0854. The molecule has 1 amide bonds. The summed E-state index contributed by atoms with van der Waals surface area (Å²) in [7, 11) is 0. The zero-order valence-corrected chi connectivity index (χ0v) is 16.0. The maximum Gasteiger partial charge on any atom is 0.254 e. The van der Waals surface area contributed by atoms with Gasteiger partial charge in [-0.1, -0.05) is 42.0 Å². The number of ether oxygens (including phenoxy) is 1. The summed E-state index contributed by atoms with van der Waals surface area (Å²) in [5.41, 5.74) is 4.51. The van der Waals surface area contributed by atoms with Crippen LogP contribution in [-0.2, 0) is 4.74 Å². The van der Waals surface area contributed by atoms with Gasteiger partial charge < -0.3 is 9.64 Å². The van der Waals surface area contributed by atoms with Crippen molar-refractivity contribution in [3.05, 3.63) is 65.7 Å². The first-order valence-electron chi connectivity index (χ1n) is 9.43. The van der Waals surface area contributed by atoms with E-state index in [4.69, 9.17) is 9.72 Å². The topological polar surface area (TPSA) is 42.4 Å². The first-order valence-corrected chi connectivity index (χ1v) is 9.43. The molecule has 1 saturated heterocycles. The van der Waals surface area contributed by atoms with Gasteiger partial charge in [0, 0.05) is 24.0 Å². The summed E-state index contributed by atoms with van der Waals surface area (Å²) in [4.78, 5) is 20.2. The van der Waals surface area contributed by atoms with E-state index < -0.39 is 0 Å². The highest BCUT2D eigenvalue weighted by Crippen LogP contribution is 2.27. The van der Waals surface area contributed by atoms with Crippen molar-refractivity contribution in [2.45, 2.75) is 33.0 Å². The second kappa shape index (κ2) is 7.12. The number of benzene rings is 2. The molecule has 0 spiro atoms. The Labute approximate surface area is 159 Å². The van der Waals surface area contributed by atoms with Gasteiger partial charge in [0.2, 0.25) is 0 Å². The van der Waals surface area contributed by atoms with Crippen molar-refractivity contribution >= 4 is 16.8 Å². The Bertz CT molecular complexity index is 974. The van der Waals surface area contributed by atoms with Gasteiger partial charge in [-0.3, -0.25) is 4.79 Å². The van der Waals surface area contributed by atoms with Crippen molar-refractivity contribution in [1.82, 2.24) is 9.88 Å². The lowest BCUT2D eigenvalue weighted by Gasteiger charge is -2.35. The van der Waals surface area contributed by atoms with Crippen molar-refractivity contribution in [2.24, 2.45) is 0 Å². The van der Waals surface area contributed by atoms with Crippen LogP contribution in [0, 0.1) is 6.92 Å². The van der Waals surface area contributed by atoms with Crippen LogP contribution in [0.2, 0.25) is 0 Å². The summed E-state index contributed by atoms with van der Waals surface area (Å²) in [5.74, 6) is 0.0483. The fourth-order valence-corrected chi connectivity index (χ4v) is 3.79. The molecule has 27 heavy (non-hydrogen) atoms. The number of rotatable bonds is 2. The largest absolute Gasteiger partial charge is 0.372 e. The molecule has 1 fully saturated rings. The molecule has 0 bridgehead atoms. The highest BCUT2D eigenvalue weighted by molar-refractivity contribution is 6.07. The van der Waals surface area contributed by atoms with Gasteiger partial charge in [0.25, 0.3) is 5.91 Å². The number of aryl methyl sites for hydroxylation is 1. The standard InChI is InChI=1S/C23H24N2O2/c1-15-9-10-21-19(11-15)20(12-22(24-21)18-7-5-4-6-8-18)23(26)25-13-16(2)27-17(3)14-25/h4-12,16-17H,13-14H2,1-3H3/t16-,17-/m0/s1. The summed E-state index contributed by atoms with van der Waals surface area (Å²) < 4.78 is 5.80. The summed E-state index contributed by atoms with van der Waals surface area (Å²) in [5, 5.41) is 0.909. The first kappa shape index (κ1) is 17.7. The zero-order chi connectivity index (χ0) is 19.0. The number of pyridine rings is 1. The Morgan fingerprint density at radius 1 is 1.04 bits per heavy atom. The van der Waals surface area contributed by atoms with Gasteiger partial charge in [0.15, 0.2) is 0 Å². The molecule has 0 unspecified atom stereocenters. The van der Waals surface area contributed by atoms with Crippen molar-refractivity contribution < 1.29 is 9.53 Å². The lowest BCUT2D eigenvalue weighted by atomic mass is 10.0. The van der Waals surface area contributed by atoms with E-state index in [0.717, 1.165) is 27.7 Å². The van der Waals surface area contributed by atoms with Gasteiger partial charge in [-0.05, 0) is 39.0 Å². The Kier molecular flexibility index (Phi) is 4.66. The molecule has 2 aromatic carbocycles.